The van der Waals surface area contributed by atoms with E-state index in [0.29, 0.717) is 16.6 Å². The van der Waals surface area contributed by atoms with E-state index in [-0.39, 0.29) is 5.91 Å². The predicted octanol–water partition coefficient (Wildman–Crippen LogP) is 2.16. The molecule has 0 aliphatic carbocycles. The minimum Gasteiger partial charge on any atom is -0.337 e. The Bertz CT molecular complexity index is 385. The predicted molar refractivity (Wildman–Crippen MR) is 69.4 cm³/mol. The first-order chi connectivity index (χ1) is 8.18. The highest BCUT2D eigenvalue weighted by molar-refractivity contribution is 6.30. The van der Waals surface area contributed by atoms with Gasteiger partial charge in [0.25, 0.3) is 5.91 Å². The molecule has 1 aliphatic rings. The van der Waals surface area contributed by atoms with E-state index in [2.05, 4.69) is 5.32 Å². The Balaban J connectivity index is 2.05. The average Bonchev–Trinajstić information content (AvgIpc) is 2.39. The first-order valence-corrected chi connectivity index (χ1v) is 6.30. The van der Waals surface area contributed by atoms with Gasteiger partial charge in [0.05, 0.1) is 0 Å². The molecule has 0 saturated carbocycles. The second kappa shape index (κ2) is 5.52. The van der Waals surface area contributed by atoms with Gasteiger partial charge in [-0.15, -0.1) is 0 Å². The third-order valence-corrected chi connectivity index (χ3v) is 3.48. The van der Waals surface area contributed by atoms with Crippen LogP contribution in [0, 0.1) is 0 Å². The van der Waals surface area contributed by atoms with Crippen LogP contribution in [0.25, 0.3) is 0 Å². The number of benzene rings is 1. The summed E-state index contributed by atoms with van der Waals surface area (Å²) in [5.41, 5.74) is 0.697. The topological polar surface area (TPSA) is 32.3 Å². The minimum absolute atomic E-state index is 0.0652. The molecule has 1 saturated heterocycles. The van der Waals surface area contributed by atoms with Gasteiger partial charge in [0, 0.05) is 30.2 Å². The molecule has 92 valence electrons. The molecule has 0 unspecified atom stereocenters. The number of carbonyl (C=O) groups excluding carboxylic acids is 1. The smallest absolute Gasteiger partial charge is 0.253 e. The molecule has 4 heteroatoms. The van der Waals surface area contributed by atoms with E-state index >= 15 is 0 Å². The first kappa shape index (κ1) is 12.4. The Morgan fingerprint density at radius 3 is 2.71 bits per heavy atom. The Hall–Kier alpha value is -1.06. The van der Waals surface area contributed by atoms with E-state index < -0.39 is 0 Å². The number of hydrogen-bond donors (Lipinski definition) is 1. The summed E-state index contributed by atoms with van der Waals surface area (Å²) in [7, 11) is 1.87. The molecule has 2 rings (SSSR count). The monoisotopic (exact) mass is 252 g/mol. The van der Waals surface area contributed by atoms with Crippen LogP contribution in [0.1, 0.15) is 23.2 Å². The van der Waals surface area contributed by atoms with E-state index in [4.69, 9.17) is 11.6 Å². The average molecular weight is 253 g/mol. The fourth-order valence-corrected chi connectivity index (χ4v) is 2.25. The van der Waals surface area contributed by atoms with Crippen LogP contribution in [-0.2, 0) is 0 Å². The lowest BCUT2D eigenvalue weighted by Crippen LogP contribution is -2.46. The lowest BCUT2D eigenvalue weighted by molar-refractivity contribution is 0.0708. The van der Waals surface area contributed by atoms with Crippen molar-refractivity contribution >= 4 is 17.5 Å². The van der Waals surface area contributed by atoms with E-state index in [1.165, 1.54) is 0 Å². The standard InChI is InChI=1S/C13H17ClN2O/c1-16(12-3-2-8-15-9-12)13(17)10-4-6-11(14)7-5-10/h4-7,12,15H,2-3,8-9H2,1H3/t12-/m1/s1. The number of rotatable bonds is 2. The van der Waals surface area contributed by atoms with Crippen LogP contribution in [-0.4, -0.2) is 37.0 Å². The largest absolute Gasteiger partial charge is 0.337 e. The van der Waals surface area contributed by atoms with Crippen LogP contribution in [0.3, 0.4) is 0 Å². The number of likely N-dealkylation sites (N-methyl/N-ethyl adjacent to an activating group) is 1. The Morgan fingerprint density at radius 1 is 1.41 bits per heavy atom. The number of piperidine rings is 1. The van der Waals surface area contributed by atoms with E-state index in [0.717, 1.165) is 25.9 Å². The van der Waals surface area contributed by atoms with Gasteiger partial charge >= 0.3 is 0 Å². The number of hydrogen-bond acceptors (Lipinski definition) is 2. The van der Waals surface area contributed by atoms with Gasteiger partial charge in [-0.2, -0.15) is 0 Å². The zero-order valence-electron chi connectivity index (χ0n) is 9.95. The van der Waals surface area contributed by atoms with Gasteiger partial charge in [-0.25, -0.2) is 0 Å². The van der Waals surface area contributed by atoms with Gasteiger partial charge in [0.2, 0.25) is 0 Å². The number of amides is 1. The van der Waals surface area contributed by atoms with E-state index in [9.17, 15) is 4.79 Å². The number of halogens is 1. The molecular formula is C13H17ClN2O. The molecule has 1 atom stereocenters. The van der Waals surface area contributed by atoms with Crippen molar-refractivity contribution in [3.63, 3.8) is 0 Å². The van der Waals surface area contributed by atoms with Crippen molar-refractivity contribution in [3.05, 3.63) is 34.9 Å². The number of nitrogens with zero attached hydrogens (tertiary/aromatic N) is 1. The Morgan fingerprint density at radius 2 is 2.12 bits per heavy atom. The molecule has 1 N–H and O–H groups in total. The van der Waals surface area contributed by atoms with Crippen molar-refractivity contribution in [2.24, 2.45) is 0 Å². The van der Waals surface area contributed by atoms with Crippen molar-refractivity contribution in [1.29, 1.82) is 0 Å². The minimum atomic E-state index is 0.0652. The highest BCUT2D eigenvalue weighted by Crippen LogP contribution is 2.14. The normalized spacial score (nSPS) is 20.0. The van der Waals surface area contributed by atoms with Gasteiger partial charge in [0.15, 0.2) is 0 Å². The van der Waals surface area contributed by atoms with Crippen molar-refractivity contribution in [3.8, 4) is 0 Å². The molecule has 0 bridgehead atoms. The molecule has 0 aromatic heterocycles. The van der Waals surface area contributed by atoms with E-state index in [1.807, 2.05) is 11.9 Å². The Kier molecular flexibility index (Phi) is 4.02. The summed E-state index contributed by atoms with van der Waals surface area (Å²) >= 11 is 5.81. The van der Waals surface area contributed by atoms with Crippen molar-refractivity contribution in [1.82, 2.24) is 10.2 Å². The highest BCUT2D eigenvalue weighted by atomic mass is 35.5. The lowest BCUT2D eigenvalue weighted by Gasteiger charge is -2.31. The number of carbonyl (C=O) groups is 1. The molecule has 17 heavy (non-hydrogen) atoms. The van der Waals surface area contributed by atoms with E-state index in [1.54, 1.807) is 24.3 Å². The van der Waals surface area contributed by atoms with Gasteiger partial charge in [-0.05, 0) is 43.7 Å². The molecular weight excluding hydrogens is 236 g/mol. The van der Waals surface area contributed by atoms with Crippen LogP contribution in [0.2, 0.25) is 5.02 Å². The van der Waals surface area contributed by atoms with Crippen LogP contribution in [0.4, 0.5) is 0 Å². The Labute approximate surface area is 107 Å². The number of nitrogens with one attached hydrogen (secondary N) is 1. The second-order valence-corrected chi connectivity index (χ2v) is 4.86. The summed E-state index contributed by atoms with van der Waals surface area (Å²) in [5.74, 6) is 0.0652. The van der Waals surface area contributed by atoms with Crippen molar-refractivity contribution in [2.45, 2.75) is 18.9 Å². The maximum absolute atomic E-state index is 12.2. The maximum Gasteiger partial charge on any atom is 0.253 e. The molecule has 3 nitrogen and oxygen atoms in total. The fraction of sp³-hybridized carbons (Fsp3) is 0.462. The summed E-state index contributed by atoms with van der Waals surface area (Å²) in [6.07, 6.45) is 2.20. The van der Waals surface area contributed by atoms with Crippen LogP contribution in [0.15, 0.2) is 24.3 Å². The maximum atomic E-state index is 12.2. The molecule has 1 amide bonds. The van der Waals surface area contributed by atoms with Gasteiger partial charge < -0.3 is 10.2 Å². The zero-order chi connectivity index (χ0) is 12.3. The van der Waals surface area contributed by atoms with Crippen LogP contribution < -0.4 is 5.32 Å². The summed E-state index contributed by atoms with van der Waals surface area (Å²) in [6.45, 7) is 1.94. The SMILES string of the molecule is CN(C(=O)c1ccc(Cl)cc1)[C@@H]1CCCNC1. The molecule has 1 heterocycles. The third-order valence-electron chi connectivity index (χ3n) is 3.23. The molecule has 1 aromatic carbocycles. The molecule has 0 radical (unpaired) electrons. The fourth-order valence-electron chi connectivity index (χ4n) is 2.13. The zero-order valence-corrected chi connectivity index (χ0v) is 10.7. The van der Waals surface area contributed by atoms with Gasteiger partial charge in [-0.1, -0.05) is 11.6 Å². The second-order valence-electron chi connectivity index (χ2n) is 4.42. The molecule has 1 aromatic rings. The highest BCUT2D eigenvalue weighted by Gasteiger charge is 2.22. The van der Waals surface area contributed by atoms with Gasteiger partial charge in [0.1, 0.15) is 0 Å². The molecule has 1 aliphatic heterocycles. The summed E-state index contributed by atoms with van der Waals surface area (Å²) in [5, 5.41) is 3.97. The molecule has 0 spiro atoms. The quantitative estimate of drug-likeness (QED) is 0.875. The van der Waals surface area contributed by atoms with Crippen molar-refractivity contribution < 1.29 is 4.79 Å². The molecule has 1 fully saturated rings. The van der Waals surface area contributed by atoms with Gasteiger partial charge in [-0.3, -0.25) is 4.79 Å². The summed E-state index contributed by atoms with van der Waals surface area (Å²) in [6, 6.07) is 7.35. The summed E-state index contributed by atoms with van der Waals surface area (Å²) < 4.78 is 0. The van der Waals surface area contributed by atoms with Crippen LogP contribution in [0.5, 0.6) is 0 Å². The third kappa shape index (κ3) is 2.99. The lowest BCUT2D eigenvalue weighted by atomic mass is 10.1. The first-order valence-electron chi connectivity index (χ1n) is 5.92. The van der Waals surface area contributed by atoms with Crippen LogP contribution >= 0.6 is 11.6 Å². The summed E-state index contributed by atoms with van der Waals surface area (Å²) in [4.78, 5) is 14.0. The van der Waals surface area contributed by atoms with Crippen molar-refractivity contribution in [2.75, 3.05) is 20.1 Å².